The first kappa shape index (κ1) is 16.5. The van der Waals surface area contributed by atoms with E-state index in [-0.39, 0.29) is 0 Å². The maximum absolute atomic E-state index is 5.62. The van der Waals surface area contributed by atoms with Gasteiger partial charge in [-0.15, -0.1) is 0 Å². The fourth-order valence-corrected chi connectivity index (χ4v) is 3.39. The van der Waals surface area contributed by atoms with Crippen molar-refractivity contribution in [2.75, 3.05) is 7.11 Å². The molecular weight excluding hydrogens is 352 g/mol. The Morgan fingerprint density at radius 2 is 1.71 bits per heavy atom. The zero-order valence-corrected chi connectivity index (χ0v) is 15.2. The molecule has 28 heavy (non-hydrogen) atoms. The molecule has 5 aromatic rings. The van der Waals surface area contributed by atoms with Gasteiger partial charge in [-0.3, -0.25) is 10.2 Å². The van der Waals surface area contributed by atoms with E-state index in [9.17, 15) is 0 Å². The molecule has 2 aromatic heterocycles. The number of methoxy groups -OCH3 is 1. The van der Waals surface area contributed by atoms with Gasteiger partial charge in [-0.25, -0.2) is 4.98 Å². The molecule has 0 saturated heterocycles. The number of nitrogens with zero attached hydrogens (tertiary/aromatic N) is 3. The minimum Gasteiger partial charge on any atom is -0.497 e. The molecule has 7 nitrogen and oxygen atoms in total. The molecule has 0 amide bonds. The summed E-state index contributed by atoms with van der Waals surface area (Å²) in [6.45, 7) is 0.327. The van der Waals surface area contributed by atoms with Crippen LogP contribution in [0.4, 0.5) is 0 Å². The van der Waals surface area contributed by atoms with Crippen molar-refractivity contribution in [3.8, 4) is 28.4 Å². The molecule has 138 valence electrons. The van der Waals surface area contributed by atoms with Crippen LogP contribution < -0.4 is 10.5 Å². The van der Waals surface area contributed by atoms with Gasteiger partial charge in [-0.1, -0.05) is 18.2 Å². The first-order chi connectivity index (χ1) is 13.7. The summed E-state index contributed by atoms with van der Waals surface area (Å²) >= 11 is 0. The van der Waals surface area contributed by atoms with Gasteiger partial charge >= 0.3 is 0 Å². The van der Waals surface area contributed by atoms with Gasteiger partial charge in [0.05, 0.1) is 24.9 Å². The van der Waals surface area contributed by atoms with Gasteiger partial charge < -0.3 is 10.5 Å². The Labute approximate surface area is 160 Å². The number of hydrogen-bond donors (Lipinski definition) is 3. The minimum atomic E-state index is 0.327. The number of nitrogens with one attached hydrogen (secondary N) is 2. The fourth-order valence-electron chi connectivity index (χ4n) is 3.39. The Bertz CT molecular complexity index is 1300. The molecule has 0 spiro atoms. The summed E-state index contributed by atoms with van der Waals surface area (Å²) in [6, 6.07) is 18.4. The summed E-state index contributed by atoms with van der Waals surface area (Å²) in [5.41, 5.74) is 9.43. The first-order valence-corrected chi connectivity index (χ1v) is 8.93. The molecular formula is C21H18N6O. The van der Waals surface area contributed by atoms with Crippen LogP contribution in [0.15, 0.2) is 54.6 Å². The third kappa shape index (κ3) is 2.69. The number of hydrogen-bond acceptors (Lipinski definition) is 5. The van der Waals surface area contributed by atoms with Crippen molar-refractivity contribution in [1.29, 1.82) is 0 Å². The van der Waals surface area contributed by atoms with E-state index in [1.54, 1.807) is 7.11 Å². The highest BCUT2D eigenvalue weighted by molar-refractivity contribution is 5.97. The van der Waals surface area contributed by atoms with E-state index in [4.69, 9.17) is 10.5 Å². The lowest BCUT2D eigenvalue weighted by molar-refractivity contribution is 0.415. The Kier molecular flexibility index (Phi) is 3.80. The van der Waals surface area contributed by atoms with Crippen LogP contribution in [0.2, 0.25) is 0 Å². The monoisotopic (exact) mass is 370 g/mol. The SMILES string of the molecule is COc1ccc2cc(-c3n[nH]c4ccc(-c5n[nH]c(CN)n5)cc34)ccc2c1. The zero-order valence-electron chi connectivity index (χ0n) is 15.2. The fraction of sp³-hybridized carbons (Fsp3) is 0.0952. The van der Waals surface area contributed by atoms with Crippen molar-refractivity contribution in [3.63, 3.8) is 0 Å². The molecule has 0 aliphatic rings. The third-order valence-electron chi connectivity index (χ3n) is 4.87. The summed E-state index contributed by atoms with van der Waals surface area (Å²) in [5.74, 6) is 2.13. The predicted octanol–water partition coefficient (Wildman–Crippen LogP) is 3.64. The maximum atomic E-state index is 5.62. The van der Waals surface area contributed by atoms with Gasteiger partial charge in [-0.05, 0) is 47.2 Å². The topological polar surface area (TPSA) is 106 Å². The average Bonchev–Trinajstić information content (AvgIpc) is 3.39. The van der Waals surface area contributed by atoms with Crippen LogP contribution in [0.1, 0.15) is 5.82 Å². The normalized spacial score (nSPS) is 11.4. The van der Waals surface area contributed by atoms with E-state index in [2.05, 4.69) is 55.7 Å². The molecule has 3 aromatic carbocycles. The van der Waals surface area contributed by atoms with Crippen LogP contribution in [-0.2, 0) is 6.54 Å². The summed E-state index contributed by atoms with van der Waals surface area (Å²) in [6.07, 6.45) is 0. The Balaban J connectivity index is 1.62. The number of aromatic nitrogens is 5. The molecule has 0 unspecified atom stereocenters. The number of ether oxygens (including phenoxy) is 1. The van der Waals surface area contributed by atoms with E-state index in [1.165, 1.54) is 0 Å². The summed E-state index contributed by atoms with van der Waals surface area (Å²) in [5, 5.41) is 18.0. The van der Waals surface area contributed by atoms with Crippen LogP contribution in [0.25, 0.3) is 44.3 Å². The van der Waals surface area contributed by atoms with Crippen LogP contribution in [-0.4, -0.2) is 32.5 Å². The zero-order chi connectivity index (χ0) is 19.1. The number of nitrogens with two attached hydrogens (primary N) is 1. The van der Waals surface area contributed by atoms with E-state index < -0.39 is 0 Å². The summed E-state index contributed by atoms with van der Waals surface area (Å²) in [7, 11) is 1.67. The van der Waals surface area contributed by atoms with Crippen LogP contribution in [0.3, 0.4) is 0 Å². The molecule has 7 heteroatoms. The predicted molar refractivity (Wildman–Crippen MR) is 109 cm³/mol. The number of H-pyrrole nitrogens is 2. The highest BCUT2D eigenvalue weighted by atomic mass is 16.5. The lowest BCUT2D eigenvalue weighted by Crippen LogP contribution is -1.97. The van der Waals surface area contributed by atoms with Crippen molar-refractivity contribution in [3.05, 3.63) is 60.4 Å². The molecule has 4 N–H and O–H groups in total. The number of benzene rings is 3. The van der Waals surface area contributed by atoms with Gasteiger partial charge in [-0.2, -0.15) is 10.2 Å². The first-order valence-electron chi connectivity index (χ1n) is 8.93. The second-order valence-electron chi connectivity index (χ2n) is 6.57. The van der Waals surface area contributed by atoms with E-state index in [0.29, 0.717) is 18.2 Å². The Morgan fingerprint density at radius 1 is 0.893 bits per heavy atom. The smallest absolute Gasteiger partial charge is 0.181 e. The summed E-state index contributed by atoms with van der Waals surface area (Å²) < 4.78 is 5.31. The Hall–Kier alpha value is -3.71. The van der Waals surface area contributed by atoms with Gasteiger partial charge in [0.2, 0.25) is 0 Å². The number of rotatable bonds is 4. The van der Waals surface area contributed by atoms with Crippen LogP contribution >= 0.6 is 0 Å². The molecule has 0 aliphatic carbocycles. The molecule has 2 heterocycles. The average molecular weight is 370 g/mol. The van der Waals surface area contributed by atoms with E-state index in [0.717, 1.165) is 44.2 Å². The lowest BCUT2D eigenvalue weighted by Gasteiger charge is -2.05. The molecule has 0 radical (unpaired) electrons. The van der Waals surface area contributed by atoms with Crippen LogP contribution in [0, 0.1) is 0 Å². The quantitative estimate of drug-likeness (QED) is 0.448. The standard InChI is InChI=1S/C21H18N6O/c1-28-16-6-4-12-8-14(3-2-13(12)9-16)20-17-10-15(5-7-18(17)24-26-20)21-23-19(11-22)25-27-21/h2-10H,11,22H2,1H3,(H,24,26)(H,23,25,27). The van der Waals surface area contributed by atoms with Gasteiger partial charge in [0, 0.05) is 16.5 Å². The van der Waals surface area contributed by atoms with E-state index in [1.807, 2.05) is 24.3 Å². The molecule has 5 rings (SSSR count). The number of aromatic amines is 2. The number of fused-ring (bicyclic) bond motifs is 2. The van der Waals surface area contributed by atoms with Crippen molar-refractivity contribution >= 4 is 21.7 Å². The Morgan fingerprint density at radius 3 is 2.54 bits per heavy atom. The molecule has 0 bridgehead atoms. The van der Waals surface area contributed by atoms with Crippen molar-refractivity contribution in [2.45, 2.75) is 6.54 Å². The molecule has 0 saturated carbocycles. The van der Waals surface area contributed by atoms with Gasteiger partial charge in [0.25, 0.3) is 0 Å². The van der Waals surface area contributed by atoms with Gasteiger partial charge in [0.1, 0.15) is 11.6 Å². The van der Waals surface area contributed by atoms with Gasteiger partial charge in [0.15, 0.2) is 5.82 Å². The van der Waals surface area contributed by atoms with E-state index >= 15 is 0 Å². The summed E-state index contributed by atoms with van der Waals surface area (Å²) in [4.78, 5) is 4.42. The molecule has 0 aliphatic heterocycles. The highest BCUT2D eigenvalue weighted by Gasteiger charge is 2.12. The van der Waals surface area contributed by atoms with Crippen molar-refractivity contribution in [2.24, 2.45) is 5.73 Å². The van der Waals surface area contributed by atoms with Crippen LogP contribution in [0.5, 0.6) is 5.75 Å². The maximum Gasteiger partial charge on any atom is 0.181 e. The van der Waals surface area contributed by atoms with Crippen molar-refractivity contribution < 1.29 is 4.74 Å². The minimum absolute atomic E-state index is 0.327. The highest BCUT2D eigenvalue weighted by Crippen LogP contribution is 2.32. The second-order valence-corrected chi connectivity index (χ2v) is 6.57. The third-order valence-corrected chi connectivity index (χ3v) is 4.87. The van der Waals surface area contributed by atoms with Crippen molar-refractivity contribution in [1.82, 2.24) is 25.4 Å². The second kappa shape index (κ2) is 6.47. The largest absolute Gasteiger partial charge is 0.497 e. The molecule has 0 fully saturated rings. The molecule has 0 atom stereocenters. The lowest BCUT2D eigenvalue weighted by atomic mass is 10.0.